The zero-order valence-electron chi connectivity index (χ0n) is 17.3. The molecule has 4 rings (SSSR count). The molecule has 2 aromatic carbocycles. The van der Waals surface area contributed by atoms with Crippen molar-refractivity contribution in [1.29, 1.82) is 0 Å². The van der Waals surface area contributed by atoms with E-state index in [1.54, 1.807) is 32.4 Å². The van der Waals surface area contributed by atoms with Gasteiger partial charge in [0.25, 0.3) is 0 Å². The largest absolute Gasteiger partial charge is 0.497 e. The molecule has 1 N–H and O–H groups in total. The Balaban J connectivity index is 1.44. The SMILES string of the molecule is COc1ccc(-c2noc(N3CCC[C@@H](C(=O)Nc4cc(Cl)ccc4OC)C3)n2)cc1. The van der Waals surface area contributed by atoms with Crippen molar-refractivity contribution in [2.75, 3.05) is 37.5 Å². The van der Waals surface area contributed by atoms with Gasteiger partial charge in [0.1, 0.15) is 11.5 Å². The summed E-state index contributed by atoms with van der Waals surface area (Å²) in [7, 11) is 3.17. The number of hydrogen-bond acceptors (Lipinski definition) is 7. The first kappa shape index (κ1) is 21.0. The molecule has 1 saturated heterocycles. The fraction of sp³-hybridized carbons (Fsp3) is 0.318. The maximum Gasteiger partial charge on any atom is 0.324 e. The summed E-state index contributed by atoms with van der Waals surface area (Å²) in [5.41, 5.74) is 1.38. The number of halogens is 1. The van der Waals surface area contributed by atoms with Crippen LogP contribution in [0.2, 0.25) is 5.02 Å². The van der Waals surface area contributed by atoms with Crippen LogP contribution in [0.3, 0.4) is 0 Å². The monoisotopic (exact) mass is 442 g/mol. The molecule has 1 atom stereocenters. The standard InChI is InChI=1S/C22H23ClN4O4/c1-29-17-8-5-14(6-9-17)20-25-22(31-26-20)27-11-3-4-15(13-27)21(28)24-18-12-16(23)7-10-19(18)30-2/h5-10,12,15H,3-4,11,13H2,1-2H3,(H,24,28)/t15-/m1/s1. The van der Waals surface area contributed by atoms with E-state index < -0.39 is 0 Å². The van der Waals surface area contributed by atoms with E-state index in [1.807, 2.05) is 29.2 Å². The molecule has 0 spiro atoms. The Labute approximate surface area is 185 Å². The number of amides is 1. The van der Waals surface area contributed by atoms with Gasteiger partial charge in [-0.1, -0.05) is 16.8 Å². The lowest BCUT2D eigenvalue weighted by Gasteiger charge is -2.30. The number of methoxy groups -OCH3 is 2. The molecule has 0 bridgehead atoms. The van der Waals surface area contributed by atoms with Crippen molar-refractivity contribution < 1.29 is 18.8 Å². The fourth-order valence-corrected chi connectivity index (χ4v) is 3.75. The van der Waals surface area contributed by atoms with Gasteiger partial charge in [0.2, 0.25) is 11.7 Å². The maximum absolute atomic E-state index is 12.9. The van der Waals surface area contributed by atoms with Crippen molar-refractivity contribution in [2.24, 2.45) is 5.92 Å². The van der Waals surface area contributed by atoms with E-state index in [4.69, 9.17) is 25.6 Å². The summed E-state index contributed by atoms with van der Waals surface area (Å²) in [5, 5.41) is 7.55. The average Bonchev–Trinajstić information content (AvgIpc) is 3.30. The molecule has 9 heteroatoms. The minimum atomic E-state index is -0.228. The lowest BCUT2D eigenvalue weighted by Crippen LogP contribution is -2.41. The minimum absolute atomic E-state index is 0.0971. The van der Waals surface area contributed by atoms with Gasteiger partial charge in [0.15, 0.2) is 0 Å². The third-order valence-electron chi connectivity index (χ3n) is 5.25. The molecule has 0 unspecified atom stereocenters. The molecular formula is C22H23ClN4O4. The van der Waals surface area contributed by atoms with Crippen molar-refractivity contribution in [3.8, 4) is 22.9 Å². The molecule has 1 fully saturated rings. The highest BCUT2D eigenvalue weighted by Crippen LogP contribution is 2.30. The van der Waals surface area contributed by atoms with E-state index in [0.717, 1.165) is 30.7 Å². The maximum atomic E-state index is 12.9. The van der Waals surface area contributed by atoms with Crippen LogP contribution in [-0.4, -0.2) is 43.4 Å². The normalized spacial score (nSPS) is 16.1. The number of aromatic nitrogens is 2. The highest BCUT2D eigenvalue weighted by atomic mass is 35.5. The zero-order valence-corrected chi connectivity index (χ0v) is 18.1. The number of hydrogen-bond donors (Lipinski definition) is 1. The Morgan fingerprint density at radius 3 is 2.74 bits per heavy atom. The molecule has 162 valence electrons. The predicted molar refractivity (Wildman–Crippen MR) is 118 cm³/mol. The number of anilines is 2. The number of rotatable bonds is 6. The Hall–Kier alpha value is -3.26. The van der Waals surface area contributed by atoms with E-state index in [1.165, 1.54) is 0 Å². The molecule has 1 amide bonds. The lowest BCUT2D eigenvalue weighted by molar-refractivity contribution is -0.120. The van der Waals surface area contributed by atoms with E-state index in [9.17, 15) is 4.79 Å². The van der Waals surface area contributed by atoms with Crippen molar-refractivity contribution >= 4 is 29.2 Å². The molecule has 3 aromatic rings. The van der Waals surface area contributed by atoms with Gasteiger partial charge in [-0.15, -0.1) is 0 Å². The summed E-state index contributed by atoms with van der Waals surface area (Å²) in [6.07, 6.45) is 1.61. The van der Waals surface area contributed by atoms with E-state index >= 15 is 0 Å². The van der Waals surface area contributed by atoms with E-state index in [2.05, 4.69) is 15.5 Å². The van der Waals surface area contributed by atoms with Gasteiger partial charge in [-0.3, -0.25) is 4.79 Å². The molecule has 2 heterocycles. The second-order valence-electron chi connectivity index (χ2n) is 7.25. The van der Waals surface area contributed by atoms with Crippen molar-refractivity contribution in [1.82, 2.24) is 10.1 Å². The fourth-order valence-electron chi connectivity index (χ4n) is 3.58. The lowest BCUT2D eigenvalue weighted by atomic mass is 9.97. The highest BCUT2D eigenvalue weighted by molar-refractivity contribution is 6.31. The molecular weight excluding hydrogens is 420 g/mol. The summed E-state index contributed by atoms with van der Waals surface area (Å²) >= 11 is 6.07. The topological polar surface area (TPSA) is 89.7 Å². The summed E-state index contributed by atoms with van der Waals surface area (Å²) < 4.78 is 16.0. The Morgan fingerprint density at radius 1 is 1.19 bits per heavy atom. The van der Waals surface area contributed by atoms with Crippen LogP contribution in [0.4, 0.5) is 11.7 Å². The quantitative estimate of drug-likeness (QED) is 0.609. The van der Waals surface area contributed by atoms with E-state index in [0.29, 0.717) is 34.8 Å². The van der Waals surface area contributed by atoms with Crippen LogP contribution < -0.4 is 19.7 Å². The molecule has 31 heavy (non-hydrogen) atoms. The number of carbonyl (C=O) groups excluding carboxylic acids is 1. The number of nitrogens with one attached hydrogen (secondary N) is 1. The van der Waals surface area contributed by atoms with Crippen LogP contribution in [-0.2, 0) is 4.79 Å². The number of piperidine rings is 1. The van der Waals surface area contributed by atoms with Crippen LogP contribution >= 0.6 is 11.6 Å². The zero-order chi connectivity index (χ0) is 21.8. The minimum Gasteiger partial charge on any atom is -0.497 e. The first-order valence-corrected chi connectivity index (χ1v) is 10.3. The number of ether oxygens (including phenoxy) is 2. The second kappa shape index (κ2) is 9.26. The Morgan fingerprint density at radius 2 is 2.00 bits per heavy atom. The molecule has 0 saturated carbocycles. The van der Waals surface area contributed by atoms with Crippen molar-refractivity contribution in [2.45, 2.75) is 12.8 Å². The first-order valence-electron chi connectivity index (χ1n) is 9.95. The Bertz CT molecular complexity index is 1050. The number of benzene rings is 2. The van der Waals surface area contributed by atoms with Crippen LogP contribution in [0.25, 0.3) is 11.4 Å². The van der Waals surface area contributed by atoms with Gasteiger partial charge < -0.3 is 24.2 Å². The summed E-state index contributed by atoms with van der Waals surface area (Å²) in [5.74, 6) is 1.49. The summed E-state index contributed by atoms with van der Waals surface area (Å²) in [6.45, 7) is 1.23. The van der Waals surface area contributed by atoms with Gasteiger partial charge in [-0.2, -0.15) is 4.98 Å². The van der Waals surface area contributed by atoms with E-state index in [-0.39, 0.29) is 11.8 Å². The molecule has 1 aromatic heterocycles. The molecule has 0 radical (unpaired) electrons. The Kier molecular flexibility index (Phi) is 6.27. The third kappa shape index (κ3) is 4.74. The first-order chi connectivity index (χ1) is 15.1. The van der Waals surface area contributed by atoms with Crippen LogP contribution in [0.1, 0.15) is 12.8 Å². The van der Waals surface area contributed by atoms with Crippen molar-refractivity contribution in [3.05, 3.63) is 47.5 Å². The van der Waals surface area contributed by atoms with Gasteiger partial charge in [0.05, 0.1) is 25.8 Å². The number of nitrogens with zero attached hydrogens (tertiary/aromatic N) is 3. The number of carbonyl (C=O) groups is 1. The van der Waals surface area contributed by atoms with Crippen LogP contribution in [0.15, 0.2) is 47.0 Å². The second-order valence-corrected chi connectivity index (χ2v) is 7.68. The van der Waals surface area contributed by atoms with Gasteiger partial charge in [0, 0.05) is 23.7 Å². The van der Waals surface area contributed by atoms with Crippen molar-refractivity contribution in [3.63, 3.8) is 0 Å². The molecule has 0 aliphatic carbocycles. The molecule has 8 nitrogen and oxygen atoms in total. The highest BCUT2D eigenvalue weighted by Gasteiger charge is 2.29. The van der Waals surface area contributed by atoms with Gasteiger partial charge in [-0.05, 0) is 55.3 Å². The van der Waals surface area contributed by atoms with Gasteiger partial charge >= 0.3 is 6.01 Å². The predicted octanol–water partition coefficient (Wildman–Crippen LogP) is 4.26. The van der Waals surface area contributed by atoms with Gasteiger partial charge in [-0.25, -0.2) is 0 Å². The summed E-state index contributed by atoms with van der Waals surface area (Å²) in [6, 6.07) is 13.0. The average molecular weight is 443 g/mol. The summed E-state index contributed by atoms with van der Waals surface area (Å²) in [4.78, 5) is 19.4. The molecule has 1 aliphatic heterocycles. The van der Waals surface area contributed by atoms with Crippen LogP contribution in [0.5, 0.6) is 11.5 Å². The smallest absolute Gasteiger partial charge is 0.324 e. The van der Waals surface area contributed by atoms with Crippen LogP contribution in [0, 0.1) is 5.92 Å². The molecule has 1 aliphatic rings. The third-order valence-corrected chi connectivity index (χ3v) is 5.48.